The molecule has 13 heavy (non-hydrogen) atoms. The third-order valence-electron chi connectivity index (χ3n) is 2.08. The van der Waals surface area contributed by atoms with Crippen molar-refractivity contribution in [2.24, 2.45) is 0 Å². The molecule has 1 aromatic carbocycles. The average Bonchev–Trinajstić information content (AvgIpc) is 2.51. The second-order valence-electron chi connectivity index (χ2n) is 3.30. The average molecular weight is 176 g/mol. The fourth-order valence-electron chi connectivity index (χ4n) is 1.52. The molecule has 1 aromatic heterocycles. The molecule has 0 aliphatic heterocycles. The molecule has 0 radical (unpaired) electrons. The molecule has 0 aliphatic carbocycles. The Morgan fingerprint density at radius 3 is 3.15 bits per heavy atom. The Kier molecular flexibility index (Phi) is 2.02. The van der Waals surface area contributed by atoms with Gasteiger partial charge >= 0.3 is 0 Å². The quantitative estimate of drug-likeness (QED) is 0.728. The van der Waals surface area contributed by atoms with Crippen LogP contribution in [0.1, 0.15) is 12.5 Å². The predicted molar refractivity (Wildman–Crippen MR) is 51.5 cm³/mol. The number of hydrogen-bond donors (Lipinski definition) is 2. The standard InChI is InChI=1S/C10H12N2O/c1-7(13)5-8-3-2-4-9-6-11-12-10(8)9/h2-4,6-7,13H,5H2,1H3,(H,11,12)/t7-/m0/s1. The number of aliphatic hydroxyl groups excluding tert-OH is 1. The maximum Gasteiger partial charge on any atom is 0.0683 e. The van der Waals surface area contributed by atoms with Gasteiger partial charge in [-0.25, -0.2) is 0 Å². The zero-order valence-electron chi connectivity index (χ0n) is 7.49. The van der Waals surface area contributed by atoms with Gasteiger partial charge in [0.05, 0.1) is 17.8 Å². The van der Waals surface area contributed by atoms with Crippen LogP contribution >= 0.6 is 0 Å². The molecule has 2 rings (SSSR count). The number of nitrogens with zero attached hydrogens (tertiary/aromatic N) is 1. The molecule has 0 amide bonds. The Labute approximate surface area is 76.4 Å². The van der Waals surface area contributed by atoms with Crippen molar-refractivity contribution >= 4 is 10.9 Å². The van der Waals surface area contributed by atoms with Gasteiger partial charge in [0.1, 0.15) is 0 Å². The molecule has 2 N–H and O–H groups in total. The lowest BCUT2D eigenvalue weighted by atomic mass is 10.1. The number of para-hydroxylation sites is 1. The summed E-state index contributed by atoms with van der Waals surface area (Å²) >= 11 is 0. The molecule has 3 nitrogen and oxygen atoms in total. The van der Waals surface area contributed by atoms with Crippen molar-refractivity contribution in [1.29, 1.82) is 0 Å². The van der Waals surface area contributed by atoms with Crippen LogP contribution < -0.4 is 0 Å². The van der Waals surface area contributed by atoms with E-state index in [0.717, 1.165) is 16.5 Å². The Morgan fingerprint density at radius 2 is 2.38 bits per heavy atom. The van der Waals surface area contributed by atoms with Gasteiger partial charge in [-0.1, -0.05) is 18.2 Å². The van der Waals surface area contributed by atoms with E-state index >= 15 is 0 Å². The highest BCUT2D eigenvalue weighted by molar-refractivity contribution is 5.81. The van der Waals surface area contributed by atoms with E-state index in [9.17, 15) is 5.11 Å². The van der Waals surface area contributed by atoms with Crippen LogP contribution in [0.4, 0.5) is 0 Å². The summed E-state index contributed by atoms with van der Waals surface area (Å²) in [6, 6.07) is 5.99. The minimum Gasteiger partial charge on any atom is -0.393 e. The van der Waals surface area contributed by atoms with E-state index in [1.54, 1.807) is 13.1 Å². The second kappa shape index (κ2) is 3.18. The smallest absolute Gasteiger partial charge is 0.0683 e. The first-order chi connectivity index (χ1) is 6.27. The van der Waals surface area contributed by atoms with Crippen LogP contribution in [0.5, 0.6) is 0 Å². The molecule has 3 heteroatoms. The Morgan fingerprint density at radius 1 is 1.54 bits per heavy atom. The van der Waals surface area contributed by atoms with Crippen molar-refractivity contribution in [3.63, 3.8) is 0 Å². The van der Waals surface area contributed by atoms with E-state index in [2.05, 4.69) is 10.2 Å². The zero-order valence-corrected chi connectivity index (χ0v) is 7.49. The molecule has 0 spiro atoms. The molecule has 0 saturated heterocycles. The van der Waals surface area contributed by atoms with Crippen molar-refractivity contribution in [2.75, 3.05) is 0 Å². The van der Waals surface area contributed by atoms with Gasteiger partial charge in [0.25, 0.3) is 0 Å². The van der Waals surface area contributed by atoms with Gasteiger partial charge in [-0.05, 0) is 12.5 Å². The number of aromatic amines is 1. The molecular weight excluding hydrogens is 164 g/mol. The normalized spacial score (nSPS) is 13.4. The molecule has 0 bridgehead atoms. The fraction of sp³-hybridized carbons (Fsp3) is 0.300. The number of rotatable bonds is 2. The van der Waals surface area contributed by atoms with Gasteiger partial charge < -0.3 is 5.11 Å². The van der Waals surface area contributed by atoms with Gasteiger partial charge in [0, 0.05) is 11.8 Å². The molecule has 0 saturated carbocycles. The molecule has 68 valence electrons. The van der Waals surface area contributed by atoms with Crippen LogP contribution in [0.3, 0.4) is 0 Å². The van der Waals surface area contributed by atoms with Crippen LogP contribution in [-0.4, -0.2) is 21.4 Å². The zero-order chi connectivity index (χ0) is 9.26. The summed E-state index contributed by atoms with van der Waals surface area (Å²) in [5.74, 6) is 0. The highest BCUT2D eigenvalue weighted by Gasteiger charge is 2.04. The van der Waals surface area contributed by atoms with Crippen molar-refractivity contribution < 1.29 is 5.11 Å². The lowest BCUT2D eigenvalue weighted by molar-refractivity contribution is 0.196. The van der Waals surface area contributed by atoms with Crippen molar-refractivity contribution in [2.45, 2.75) is 19.4 Å². The van der Waals surface area contributed by atoms with Crippen molar-refractivity contribution in [1.82, 2.24) is 10.2 Å². The first-order valence-corrected chi connectivity index (χ1v) is 4.36. The summed E-state index contributed by atoms with van der Waals surface area (Å²) in [4.78, 5) is 0. The largest absolute Gasteiger partial charge is 0.393 e. The third-order valence-corrected chi connectivity index (χ3v) is 2.08. The van der Waals surface area contributed by atoms with Crippen LogP contribution in [0.25, 0.3) is 10.9 Å². The monoisotopic (exact) mass is 176 g/mol. The number of aliphatic hydroxyl groups is 1. The van der Waals surface area contributed by atoms with Gasteiger partial charge in [-0.3, -0.25) is 5.10 Å². The SMILES string of the molecule is C[C@H](O)Cc1cccc2cn[nH]c12. The lowest BCUT2D eigenvalue weighted by Gasteiger charge is -2.04. The minimum absolute atomic E-state index is 0.311. The van der Waals surface area contributed by atoms with E-state index in [0.29, 0.717) is 6.42 Å². The number of nitrogens with one attached hydrogen (secondary N) is 1. The van der Waals surface area contributed by atoms with E-state index in [1.807, 2.05) is 18.2 Å². The summed E-state index contributed by atoms with van der Waals surface area (Å²) < 4.78 is 0. The van der Waals surface area contributed by atoms with Crippen LogP contribution in [0.2, 0.25) is 0 Å². The topological polar surface area (TPSA) is 48.9 Å². The molecule has 0 unspecified atom stereocenters. The Balaban J connectivity index is 2.48. The van der Waals surface area contributed by atoms with E-state index in [1.165, 1.54) is 0 Å². The fourth-order valence-corrected chi connectivity index (χ4v) is 1.52. The number of hydrogen-bond acceptors (Lipinski definition) is 2. The van der Waals surface area contributed by atoms with Gasteiger partial charge in [0.2, 0.25) is 0 Å². The summed E-state index contributed by atoms with van der Waals surface area (Å²) in [6.07, 6.45) is 2.15. The van der Waals surface area contributed by atoms with Crippen LogP contribution in [-0.2, 0) is 6.42 Å². The Bertz CT molecular complexity index is 406. The number of benzene rings is 1. The molecule has 2 aromatic rings. The molecule has 0 aliphatic rings. The first-order valence-electron chi connectivity index (χ1n) is 4.36. The summed E-state index contributed by atoms with van der Waals surface area (Å²) in [5, 5.41) is 17.3. The van der Waals surface area contributed by atoms with Crippen molar-refractivity contribution in [3.8, 4) is 0 Å². The summed E-state index contributed by atoms with van der Waals surface area (Å²) in [7, 11) is 0. The maximum atomic E-state index is 9.27. The highest BCUT2D eigenvalue weighted by atomic mass is 16.3. The van der Waals surface area contributed by atoms with E-state index < -0.39 is 0 Å². The number of aromatic nitrogens is 2. The summed E-state index contributed by atoms with van der Waals surface area (Å²) in [6.45, 7) is 1.79. The summed E-state index contributed by atoms with van der Waals surface area (Å²) in [5.41, 5.74) is 2.15. The van der Waals surface area contributed by atoms with E-state index in [4.69, 9.17) is 0 Å². The minimum atomic E-state index is -0.311. The van der Waals surface area contributed by atoms with Crippen LogP contribution in [0, 0.1) is 0 Å². The predicted octanol–water partition coefficient (Wildman–Crippen LogP) is 1.49. The van der Waals surface area contributed by atoms with Crippen molar-refractivity contribution in [3.05, 3.63) is 30.0 Å². The van der Waals surface area contributed by atoms with Crippen LogP contribution in [0.15, 0.2) is 24.4 Å². The highest BCUT2D eigenvalue weighted by Crippen LogP contribution is 2.16. The molecule has 1 heterocycles. The lowest BCUT2D eigenvalue weighted by Crippen LogP contribution is -2.04. The van der Waals surface area contributed by atoms with Gasteiger partial charge in [-0.15, -0.1) is 0 Å². The third kappa shape index (κ3) is 1.55. The molecule has 1 atom stereocenters. The van der Waals surface area contributed by atoms with Gasteiger partial charge in [-0.2, -0.15) is 5.10 Å². The first kappa shape index (κ1) is 8.26. The molecular formula is C10H12N2O. The second-order valence-corrected chi connectivity index (χ2v) is 3.30. The Hall–Kier alpha value is -1.35. The number of H-pyrrole nitrogens is 1. The molecule has 0 fully saturated rings. The maximum absolute atomic E-state index is 9.27. The van der Waals surface area contributed by atoms with E-state index in [-0.39, 0.29) is 6.10 Å². The number of fused-ring (bicyclic) bond motifs is 1. The van der Waals surface area contributed by atoms with Gasteiger partial charge in [0.15, 0.2) is 0 Å².